The van der Waals surface area contributed by atoms with Crippen LogP contribution in [0.5, 0.6) is 0 Å². The SMILES string of the molecule is C[Si](C)(C)/C(I)=C/C=C1CCCC1. The number of hydrogen-bond donors (Lipinski definition) is 0. The van der Waals surface area contributed by atoms with Crippen molar-refractivity contribution in [3.63, 3.8) is 0 Å². The molecule has 0 atom stereocenters. The predicted octanol–water partition coefficient (Wildman–Crippen LogP) is 4.68. The van der Waals surface area contributed by atoms with Gasteiger partial charge < -0.3 is 0 Å². The van der Waals surface area contributed by atoms with Gasteiger partial charge in [0.25, 0.3) is 0 Å². The Morgan fingerprint density at radius 3 is 2.23 bits per heavy atom. The molecule has 0 N–H and O–H groups in total. The van der Waals surface area contributed by atoms with Gasteiger partial charge in [-0.25, -0.2) is 0 Å². The van der Waals surface area contributed by atoms with Gasteiger partial charge in [0, 0.05) is 0 Å². The summed E-state index contributed by atoms with van der Waals surface area (Å²) in [6.07, 6.45) is 10.2. The second-order valence-corrected chi connectivity index (χ2v) is 12.0. The summed E-state index contributed by atoms with van der Waals surface area (Å²) in [5.74, 6) is 0. The van der Waals surface area contributed by atoms with Crippen molar-refractivity contribution in [2.75, 3.05) is 0 Å². The molecule has 0 spiro atoms. The Balaban J connectivity index is 2.60. The summed E-state index contributed by atoms with van der Waals surface area (Å²) in [7, 11) is -1.03. The molecule has 0 aliphatic heterocycles. The molecule has 0 nitrogen and oxygen atoms in total. The van der Waals surface area contributed by atoms with E-state index in [1.165, 1.54) is 25.7 Å². The standard InChI is InChI=1S/C11H19ISi/c1-13(2,3)11(12)9-8-10-6-4-5-7-10/h8-9H,4-7H2,1-3H3/b11-9+. The third kappa shape index (κ3) is 3.98. The van der Waals surface area contributed by atoms with E-state index in [4.69, 9.17) is 0 Å². The zero-order valence-corrected chi connectivity index (χ0v) is 12.0. The summed E-state index contributed by atoms with van der Waals surface area (Å²) < 4.78 is 1.59. The van der Waals surface area contributed by atoms with Crippen LogP contribution in [-0.4, -0.2) is 8.07 Å². The third-order valence-electron chi connectivity index (χ3n) is 2.43. The number of rotatable bonds is 2. The lowest BCUT2D eigenvalue weighted by molar-refractivity contribution is 0.886. The Hall–Kier alpha value is 0.427. The molecule has 0 aromatic rings. The summed E-state index contributed by atoms with van der Waals surface area (Å²) in [6, 6.07) is 0. The molecular weight excluding hydrogens is 287 g/mol. The normalized spacial score (nSPS) is 19.4. The summed E-state index contributed by atoms with van der Waals surface area (Å²) in [5.41, 5.74) is 1.66. The Morgan fingerprint density at radius 1 is 1.23 bits per heavy atom. The zero-order chi connectivity index (χ0) is 9.90. The van der Waals surface area contributed by atoms with Gasteiger partial charge in [0.1, 0.15) is 0 Å². The maximum absolute atomic E-state index is 2.51. The van der Waals surface area contributed by atoms with Gasteiger partial charge in [-0.2, -0.15) is 0 Å². The summed E-state index contributed by atoms with van der Waals surface area (Å²) >= 11 is 2.51. The van der Waals surface area contributed by atoms with E-state index < -0.39 is 8.07 Å². The number of allylic oxidation sites excluding steroid dienone is 3. The van der Waals surface area contributed by atoms with E-state index in [0.29, 0.717) is 0 Å². The fourth-order valence-corrected chi connectivity index (χ4v) is 2.20. The topological polar surface area (TPSA) is 0 Å². The first-order valence-electron chi connectivity index (χ1n) is 5.06. The highest BCUT2D eigenvalue weighted by atomic mass is 127. The molecule has 0 bridgehead atoms. The zero-order valence-electron chi connectivity index (χ0n) is 8.86. The average molecular weight is 306 g/mol. The predicted molar refractivity (Wildman–Crippen MR) is 72.0 cm³/mol. The van der Waals surface area contributed by atoms with Gasteiger partial charge >= 0.3 is 0 Å². The maximum Gasteiger partial charge on any atom is 0.0854 e. The first kappa shape index (κ1) is 11.5. The molecule has 2 heteroatoms. The Kier molecular flexibility index (Phi) is 4.23. The molecule has 1 aliphatic rings. The molecule has 0 aromatic heterocycles. The van der Waals surface area contributed by atoms with Crippen molar-refractivity contribution in [1.29, 1.82) is 0 Å². The lowest BCUT2D eigenvalue weighted by Gasteiger charge is -2.14. The fraction of sp³-hybridized carbons (Fsp3) is 0.636. The van der Waals surface area contributed by atoms with Crippen molar-refractivity contribution in [3.05, 3.63) is 20.9 Å². The van der Waals surface area contributed by atoms with E-state index in [2.05, 4.69) is 54.4 Å². The summed E-state index contributed by atoms with van der Waals surface area (Å²) in [4.78, 5) is 0. The van der Waals surface area contributed by atoms with Crippen molar-refractivity contribution in [2.45, 2.75) is 45.3 Å². The van der Waals surface area contributed by atoms with Crippen LogP contribution in [0.1, 0.15) is 25.7 Å². The molecule has 1 fully saturated rings. The van der Waals surface area contributed by atoms with Crippen LogP contribution in [0.4, 0.5) is 0 Å². The summed E-state index contributed by atoms with van der Waals surface area (Å²) in [6.45, 7) is 7.20. The van der Waals surface area contributed by atoms with Crippen LogP contribution < -0.4 is 0 Å². The number of halogens is 1. The van der Waals surface area contributed by atoms with E-state index in [-0.39, 0.29) is 0 Å². The minimum absolute atomic E-state index is 1.03. The second-order valence-electron chi connectivity index (χ2n) is 4.80. The van der Waals surface area contributed by atoms with Crippen LogP contribution in [-0.2, 0) is 0 Å². The molecule has 0 unspecified atom stereocenters. The fourth-order valence-electron chi connectivity index (χ4n) is 1.44. The minimum Gasteiger partial charge on any atom is -0.0702 e. The van der Waals surface area contributed by atoms with Gasteiger partial charge in [0.15, 0.2) is 0 Å². The molecule has 0 heterocycles. The molecule has 74 valence electrons. The minimum atomic E-state index is -1.03. The first-order valence-corrected chi connectivity index (χ1v) is 9.64. The highest BCUT2D eigenvalue weighted by Gasteiger charge is 2.16. The van der Waals surface area contributed by atoms with E-state index >= 15 is 0 Å². The maximum atomic E-state index is 2.51. The van der Waals surface area contributed by atoms with Crippen LogP contribution in [0.2, 0.25) is 19.6 Å². The molecule has 0 amide bonds. The van der Waals surface area contributed by atoms with Gasteiger partial charge in [-0.05, 0) is 28.9 Å². The monoisotopic (exact) mass is 306 g/mol. The van der Waals surface area contributed by atoms with E-state index in [9.17, 15) is 0 Å². The molecular formula is C11H19ISi. The largest absolute Gasteiger partial charge is 0.0854 e. The smallest absolute Gasteiger partial charge is 0.0702 e. The van der Waals surface area contributed by atoms with Crippen LogP contribution in [0, 0.1) is 0 Å². The molecule has 13 heavy (non-hydrogen) atoms. The highest BCUT2D eigenvalue weighted by Crippen LogP contribution is 2.26. The lowest BCUT2D eigenvalue weighted by Crippen LogP contribution is -2.19. The Labute approximate surface area is 96.6 Å². The number of hydrogen-bond acceptors (Lipinski definition) is 0. The highest BCUT2D eigenvalue weighted by molar-refractivity contribution is 14.1. The van der Waals surface area contributed by atoms with Gasteiger partial charge in [0.2, 0.25) is 0 Å². The van der Waals surface area contributed by atoms with Gasteiger partial charge in [0.05, 0.1) is 8.07 Å². The molecule has 0 saturated heterocycles. The Bertz CT molecular complexity index is 225. The average Bonchev–Trinajstić information content (AvgIpc) is 2.50. The van der Waals surface area contributed by atoms with Gasteiger partial charge in [-0.1, -0.05) is 60.0 Å². The Morgan fingerprint density at radius 2 is 1.77 bits per heavy atom. The second kappa shape index (κ2) is 4.78. The lowest BCUT2D eigenvalue weighted by atomic mass is 10.2. The van der Waals surface area contributed by atoms with Gasteiger partial charge in [-0.15, -0.1) is 0 Å². The molecule has 0 radical (unpaired) electrons. The molecule has 0 aromatic carbocycles. The molecule has 1 saturated carbocycles. The molecule has 1 aliphatic carbocycles. The van der Waals surface area contributed by atoms with Crippen molar-refractivity contribution in [2.24, 2.45) is 0 Å². The van der Waals surface area contributed by atoms with E-state index in [1.807, 2.05) is 0 Å². The van der Waals surface area contributed by atoms with Crippen molar-refractivity contribution >= 4 is 30.7 Å². The third-order valence-corrected chi connectivity index (χ3v) is 9.24. The van der Waals surface area contributed by atoms with Crippen LogP contribution >= 0.6 is 22.6 Å². The van der Waals surface area contributed by atoms with E-state index in [0.717, 1.165) is 0 Å². The quantitative estimate of drug-likeness (QED) is 0.513. The van der Waals surface area contributed by atoms with Crippen molar-refractivity contribution in [1.82, 2.24) is 0 Å². The summed E-state index contributed by atoms with van der Waals surface area (Å²) in [5, 5.41) is 0. The van der Waals surface area contributed by atoms with Crippen molar-refractivity contribution in [3.8, 4) is 0 Å². The molecule has 1 rings (SSSR count). The first-order chi connectivity index (χ1) is 6.00. The van der Waals surface area contributed by atoms with Crippen LogP contribution in [0.25, 0.3) is 0 Å². The van der Waals surface area contributed by atoms with Crippen LogP contribution in [0.15, 0.2) is 20.9 Å². The van der Waals surface area contributed by atoms with E-state index in [1.54, 1.807) is 8.78 Å². The van der Waals surface area contributed by atoms with Gasteiger partial charge in [-0.3, -0.25) is 0 Å². The van der Waals surface area contributed by atoms with Crippen molar-refractivity contribution < 1.29 is 0 Å². The van der Waals surface area contributed by atoms with Crippen LogP contribution in [0.3, 0.4) is 0 Å².